The third-order valence-electron chi connectivity index (χ3n) is 2.62. The second-order valence-corrected chi connectivity index (χ2v) is 4.36. The Hall–Kier alpha value is -1.50. The van der Waals surface area contributed by atoms with Crippen LogP contribution < -0.4 is 4.90 Å². The zero-order valence-electron chi connectivity index (χ0n) is 8.57. The number of rotatable bonds is 1. The first-order chi connectivity index (χ1) is 8.15. The molecule has 0 aliphatic carbocycles. The van der Waals surface area contributed by atoms with Gasteiger partial charge in [-0.2, -0.15) is 4.98 Å². The molecule has 0 radical (unpaired) electrons. The molecule has 0 fully saturated rings. The van der Waals surface area contributed by atoms with E-state index in [9.17, 15) is 8.78 Å². The highest BCUT2D eigenvalue weighted by Crippen LogP contribution is 2.29. The van der Waals surface area contributed by atoms with Crippen molar-refractivity contribution in [1.82, 2.24) is 14.8 Å². The predicted molar refractivity (Wildman–Crippen MR) is 61.1 cm³/mol. The Morgan fingerprint density at radius 2 is 2.00 bits per heavy atom. The topological polar surface area (TPSA) is 34.0 Å². The fourth-order valence-corrected chi connectivity index (χ4v) is 2.20. The van der Waals surface area contributed by atoms with E-state index >= 15 is 0 Å². The molecule has 0 N–H and O–H groups in total. The number of fused-ring (bicyclic) bond motifs is 1. The highest BCUT2D eigenvalue weighted by atomic mass is 79.9. The Labute approximate surface area is 104 Å². The molecule has 1 aliphatic heterocycles. The summed E-state index contributed by atoms with van der Waals surface area (Å²) in [4.78, 5) is 5.97. The summed E-state index contributed by atoms with van der Waals surface area (Å²) in [6.45, 7) is 1.32. The molecule has 2 aromatic rings. The van der Waals surface area contributed by atoms with Gasteiger partial charge in [-0.05, 0) is 28.1 Å². The average Bonchev–Trinajstić information content (AvgIpc) is 2.81. The lowest BCUT2D eigenvalue weighted by Crippen LogP contribution is -2.14. The maximum absolute atomic E-state index is 13.2. The molecule has 0 saturated heterocycles. The van der Waals surface area contributed by atoms with Gasteiger partial charge in [0.25, 0.3) is 0 Å². The maximum Gasteiger partial charge on any atom is 0.229 e. The number of benzene rings is 1. The number of halogens is 3. The Kier molecular flexibility index (Phi) is 2.36. The van der Waals surface area contributed by atoms with E-state index in [-0.39, 0.29) is 0 Å². The number of nitrogens with zero attached hydrogens (tertiary/aromatic N) is 4. The third kappa shape index (κ3) is 1.70. The maximum atomic E-state index is 13.2. The molecular weight excluding hydrogens is 294 g/mol. The number of anilines is 2. The quantitative estimate of drug-likeness (QED) is 0.811. The minimum absolute atomic E-state index is 0.486. The zero-order valence-corrected chi connectivity index (χ0v) is 10.2. The summed E-state index contributed by atoms with van der Waals surface area (Å²) in [5.74, 6) is -1.09. The van der Waals surface area contributed by atoms with E-state index in [0.717, 1.165) is 12.1 Å². The molecule has 0 amide bonds. The van der Waals surface area contributed by atoms with Crippen LogP contribution in [-0.4, -0.2) is 21.3 Å². The minimum atomic E-state index is -0.862. The first-order valence-electron chi connectivity index (χ1n) is 4.98. The van der Waals surface area contributed by atoms with Gasteiger partial charge in [-0.25, -0.2) is 13.5 Å². The summed E-state index contributed by atoms with van der Waals surface area (Å²) in [6, 6.07) is 3.79. The summed E-state index contributed by atoms with van der Waals surface area (Å²) in [7, 11) is 0. The van der Waals surface area contributed by atoms with Crippen LogP contribution in [0, 0.1) is 11.6 Å². The van der Waals surface area contributed by atoms with Gasteiger partial charge in [-0.15, -0.1) is 5.10 Å². The molecule has 0 unspecified atom stereocenters. The van der Waals surface area contributed by atoms with Gasteiger partial charge < -0.3 is 4.90 Å². The van der Waals surface area contributed by atoms with E-state index in [1.54, 1.807) is 9.58 Å². The molecule has 7 heteroatoms. The molecule has 0 spiro atoms. The molecule has 3 rings (SSSR count). The second-order valence-electron chi connectivity index (χ2n) is 3.65. The predicted octanol–water partition coefficient (Wildman–Crippen LogP) is 2.47. The van der Waals surface area contributed by atoms with Gasteiger partial charge in [0.1, 0.15) is 0 Å². The first kappa shape index (κ1) is 10.6. The van der Waals surface area contributed by atoms with Gasteiger partial charge in [0.05, 0.1) is 6.54 Å². The van der Waals surface area contributed by atoms with Crippen LogP contribution in [0.1, 0.15) is 0 Å². The molecule has 2 heterocycles. The van der Waals surface area contributed by atoms with Crippen molar-refractivity contribution in [2.45, 2.75) is 6.54 Å². The second kappa shape index (κ2) is 3.76. The SMILES string of the molecule is Fc1ccc(N2CCn3nc(Br)nc32)cc1F. The van der Waals surface area contributed by atoms with Crippen LogP contribution in [0.2, 0.25) is 0 Å². The lowest BCUT2D eigenvalue weighted by molar-refractivity contribution is 0.508. The average molecular weight is 301 g/mol. The van der Waals surface area contributed by atoms with Crippen molar-refractivity contribution in [3.63, 3.8) is 0 Å². The summed E-state index contributed by atoms with van der Waals surface area (Å²) >= 11 is 3.18. The normalized spacial score (nSPS) is 14.2. The van der Waals surface area contributed by atoms with Crippen molar-refractivity contribution in [3.05, 3.63) is 34.6 Å². The minimum Gasteiger partial charge on any atom is -0.309 e. The monoisotopic (exact) mass is 300 g/mol. The molecule has 17 heavy (non-hydrogen) atoms. The molecule has 88 valence electrons. The van der Waals surface area contributed by atoms with E-state index in [0.29, 0.717) is 29.5 Å². The van der Waals surface area contributed by atoms with Crippen molar-refractivity contribution in [1.29, 1.82) is 0 Å². The third-order valence-corrected chi connectivity index (χ3v) is 2.95. The number of aromatic nitrogens is 3. The van der Waals surface area contributed by atoms with Gasteiger partial charge in [0, 0.05) is 18.3 Å². The van der Waals surface area contributed by atoms with Crippen LogP contribution in [-0.2, 0) is 6.54 Å². The standard InChI is InChI=1S/C10H7BrF2N4/c11-9-14-10-16(3-4-17(10)15-9)6-1-2-7(12)8(13)5-6/h1-2,5H,3-4H2. The van der Waals surface area contributed by atoms with Crippen LogP contribution in [0.3, 0.4) is 0 Å². The largest absolute Gasteiger partial charge is 0.309 e. The smallest absolute Gasteiger partial charge is 0.229 e. The Morgan fingerprint density at radius 1 is 1.18 bits per heavy atom. The molecule has 1 aromatic heterocycles. The Balaban J connectivity index is 2.03. The zero-order chi connectivity index (χ0) is 12.0. The number of hydrogen-bond acceptors (Lipinski definition) is 3. The van der Waals surface area contributed by atoms with Gasteiger partial charge in [0.2, 0.25) is 10.7 Å². The first-order valence-corrected chi connectivity index (χ1v) is 5.77. The van der Waals surface area contributed by atoms with Crippen molar-refractivity contribution in [2.75, 3.05) is 11.4 Å². The van der Waals surface area contributed by atoms with Crippen molar-refractivity contribution in [2.24, 2.45) is 0 Å². The van der Waals surface area contributed by atoms with Crippen LogP contribution in [0.5, 0.6) is 0 Å². The van der Waals surface area contributed by atoms with Crippen molar-refractivity contribution >= 4 is 27.6 Å². The summed E-state index contributed by atoms with van der Waals surface area (Å²) in [6.07, 6.45) is 0. The summed E-state index contributed by atoms with van der Waals surface area (Å²) in [5, 5.41) is 4.12. The van der Waals surface area contributed by atoms with Crippen LogP contribution >= 0.6 is 15.9 Å². The Morgan fingerprint density at radius 3 is 2.76 bits per heavy atom. The Bertz CT molecular complexity index is 584. The summed E-state index contributed by atoms with van der Waals surface area (Å²) < 4.78 is 28.2. The van der Waals surface area contributed by atoms with E-state index in [1.807, 2.05) is 0 Å². The molecule has 0 saturated carbocycles. The highest BCUT2D eigenvalue weighted by Gasteiger charge is 2.24. The van der Waals surface area contributed by atoms with Crippen LogP contribution in [0.25, 0.3) is 0 Å². The van der Waals surface area contributed by atoms with E-state index in [2.05, 4.69) is 26.0 Å². The fraction of sp³-hybridized carbons (Fsp3) is 0.200. The molecule has 0 bridgehead atoms. The van der Waals surface area contributed by atoms with Gasteiger partial charge in [0.15, 0.2) is 11.6 Å². The van der Waals surface area contributed by atoms with Crippen molar-refractivity contribution < 1.29 is 8.78 Å². The van der Waals surface area contributed by atoms with Gasteiger partial charge in [-0.3, -0.25) is 0 Å². The van der Waals surface area contributed by atoms with E-state index in [1.165, 1.54) is 6.07 Å². The molecule has 4 nitrogen and oxygen atoms in total. The van der Waals surface area contributed by atoms with E-state index < -0.39 is 11.6 Å². The lowest BCUT2D eigenvalue weighted by Gasteiger charge is -2.15. The van der Waals surface area contributed by atoms with Crippen molar-refractivity contribution in [3.8, 4) is 0 Å². The molecule has 1 aromatic carbocycles. The molecular formula is C10H7BrF2N4. The van der Waals surface area contributed by atoms with Crippen LogP contribution in [0.15, 0.2) is 22.9 Å². The fourth-order valence-electron chi connectivity index (χ4n) is 1.85. The molecule has 1 aliphatic rings. The molecule has 0 atom stereocenters. The highest BCUT2D eigenvalue weighted by molar-refractivity contribution is 9.10. The van der Waals surface area contributed by atoms with Crippen LogP contribution in [0.4, 0.5) is 20.4 Å². The van der Waals surface area contributed by atoms with Gasteiger partial charge >= 0.3 is 0 Å². The summed E-state index contributed by atoms with van der Waals surface area (Å²) in [5.41, 5.74) is 0.572. The lowest BCUT2D eigenvalue weighted by atomic mass is 10.3. The van der Waals surface area contributed by atoms with Gasteiger partial charge in [-0.1, -0.05) is 0 Å². The number of hydrogen-bond donors (Lipinski definition) is 0. The van der Waals surface area contributed by atoms with E-state index in [4.69, 9.17) is 0 Å².